The average Bonchev–Trinajstić information content (AvgIpc) is 3.88. The Kier molecular flexibility index (Phi) is 14.0. The zero-order valence-corrected chi connectivity index (χ0v) is 28.8. The summed E-state index contributed by atoms with van der Waals surface area (Å²) in [4.78, 5) is 42.2. The van der Waals surface area contributed by atoms with Crippen LogP contribution in [0.4, 0.5) is 26.3 Å². The van der Waals surface area contributed by atoms with Crippen LogP contribution < -0.4 is 9.47 Å². The molecule has 1 aliphatic heterocycles. The summed E-state index contributed by atoms with van der Waals surface area (Å²) in [6.07, 6.45) is -2.10. The second kappa shape index (κ2) is 18.4. The predicted octanol–water partition coefficient (Wildman–Crippen LogP) is 9.09. The Morgan fingerprint density at radius 3 is 1.60 bits per heavy atom. The van der Waals surface area contributed by atoms with E-state index in [4.69, 9.17) is 44.3 Å². The van der Waals surface area contributed by atoms with Gasteiger partial charge in [0, 0.05) is 46.3 Å². The first-order valence-corrected chi connectivity index (χ1v) is 15.9. The number of carbonyl (C=O) groups is 2. The molecule has 0 aliphatic carbocycles. The van der Waals surface area contributed by atoms with Gasteiger partial charge >= 0.3 is 12.4 Å². The summed E-state index contributed by atoms with van der Waals surface area (Å²) < 4.78 is 90.8. The van der Waals surface area contributed by atoms with Crippen molar-refractivity contribution in [3.05, 3.63) is 118 Å². The fraction of sp³-hybridized carbons (Fsp3) is 0.152. The first-order valence-electron chi connectivity index (χ1n) is 14.6. The number of ether oxygens (including phenoxy) is 2. The molecule has 0 fully saturated rings. The van der Waals surface area contributed by atoms with Gasteiger partial charge in [-0.15, -0.1) is 11.6 Å². The third kappa shape index (κ3) is 12.4. The van der Waals surface area contributed by atoms with Crippen LogP contribution in [-0.2, 0) is 18.9 Å². The summed E-state index contributed by atoms with van der Waals surface area (Å²) in [6, 6.07) is 13.4. The molecule has 2 aromatic carbocycles. The van der Waals surface area contributed by atoms with Gasteiger partial charge in [-0.3, -0.25) is 14.6 Å². The van der Waals surface area contributed by atoms with E-state index in [9.17, 15) is 35.9 Å². The highest BCUT2D eigenvalue weighted by molar-refractivity contribution is 6.31. The second-order valence-electron chi connectivity index (χ2n) is 10.1. The van der Waals surface area contributed by atoms with Crippen LogP contribution in [0.1, 0.15) is 31.8 Å². The lowest BCUT2D eigenvalue weighted by Gasteiger charge is -2.13. The Hall–Kier alpha value is -5.39. The highest BCUT2D eigenvalue weighted by atomic mass is 35.5. The molecule has 0 spiro atoms. The molecule has 3 aromatic heterocycles. The van der Waals surface area contributed by atoms with Crippen molar-refractivity contribution < 1.29 is 45.4 Å². The number of aromatic nitrogens is 5. The van der Waals surface area contributed by atoms with E-state index in [2.05, 4.69) is 30.0 Å². The van der Waals surface area contributed by atoms with Gasteiger partial charge in [-0.2, -0.15) is 31.4 Å². The number of aliphatic imine (C=N–C) groups is 2. The maximum Gasteiger partial charge on any atom is 0.417 e. The molecular formula is C33H22Cl3F6N7O4. The van der Waals surface area contributed by atoms with Gasteiger partial charge in [0.25, 0.3) is 0 Å². The smallest absolute Gasteiger partial charge is 0.417 e. The molecule has 276 valence electrons. The van der Waals surface area contributed by atoms with Crippen LogP contribution in [0.25, 0.3) is 0 Å². The number of benzene rings is 2. The van der Waals surface area contributed by atoms with Crippen molar-refractivity contribution in [1.29, 1.82) is 0 Å². The summed E-state index contributed by atoms with van der Waals surface area (Å²) in [5.41, 5.74) is -3.44. The van der Waals surface area contributed by atoms with Crippen molar-refractivity contribution >= 4 is 58.9 Å². The maximum atomic E-state index is 13.4. The molecule has 0 unspecified atom stereocenters. The number of Topliss-reactive ketones (excluding diaryl/α,β-unsaturated/α-hetero) is 2. The van der Waals surface area contributed by atoms with Gasteiger partial charge in [-0.05, 0) is 48.5 Å². The van der Waals surface area contributed by atoms with Gasteiger partial charge in [-0.1, -0.05) is 23.2 Å². The van der Waals surface area contributed by atoms with Crippen LogP contribution in [-0.4, -0.2) is 61.3 Å². The predicted molar refractivity (Wildman–Crippen MR) is 183 cm³/mol. The minimum absolute atomic E-state index is 0.261. The molecule has 0 saturated carbocycles. The Morgan fingerprint density at radius 2 is 1.25 bits per heavy atom. The number of ketones is 2. The van der Waals surface area contributed by atoms with Gasteiger partial charge in [0.15, 0.2) is 11.6 Å². The van der Waals surface area contributed by atoms with Crippen LogP contribution in [0.15, 0.2) is 95.7 Å². The van der Waals surface area contributed by atoms with Crippen LogP contribution in [0.3, 0.4) is 0 Å². The number of hydrogen-bond donors (Lipinski definition) is 0. The summed E-state index contributed by atoms with van der Waals surface area (Å²) in [6.45, 7) is 0.391. The minimum Gasteiger partial charge on any atom is -0.439 e. The van der Waals surface area contributed by atoms with E-state index in [-0.39, 0.29) is 29.8 Å². The van der Waals surface area contributed by atoms with Gasteiger partial charge in [0.2, 0.25) is 11.8 Å². The molecule has 11 nitrogen and oxygen atoms in total. The Morgan fingerprint density at radius 1 is 0.755 bits per heavy atom. The number of pyridine rings is 2. The van der Waals surface area contributed by atoms with E-state index in [1.165, 1.54) is 61.2 Å². The largest absolute Gasteiger partial charge is 0.439 e. The molecule has 0 atom stereocenters. The van der Waals surface area contributed by atoms with E-state index >= 15 is 0 Å². The molecule has 6 rings (SSSR count). The van der Waals surface area contributed by atoms with Crippen molar-refractivity contribution in [2.75, 3.05) is 12.4 Å². The van der Waals surface area contributed by atoms with Crippen LogP contribution in [0, 0.1) is 0 Å². The molecule has 0 amide bonds. The first kappa shape index (κ1) is 40.4. The molecule has 0 N–H and O–H groups in total. The number of rotatable bonds is 9. The Balaban J connectivity index is 0.000000211. The summed E-state index contributed by atoms with van der Waals surface area (Å²) in [5, 5.41) is 4.61. The number of carbonyl (C=O) groups excluding carboxylic acids is 2. The molecular weight excluding hydrogens is 779 g/mol. The second-order valence-corrected chi connectivity index (χ2v) is 11.3. The highest BCUT2D eigenvalue weighted by Gasteiger charge is 2.37. The van der Waals surface area contributed by atoms with Crippen LogP contribution in [0.5, 0.6) is 23.3 Å². The molecule has 1 aliphatic rings. The van der Waals surface area contributed by atoms with Crippen molar-refractivity contribution in [2.45, 2.75) is 18.9 Å². The van der Waals surface area contributed by atoms with E-state index in [0.29, 0.717) is 22.2 Å². The Labute approximate surface area is 310 Å². The zero-order chi connectivity index (χ0) is 38.6. The van der Waals surface area contributed by atoms with Crippen molar-refractivity contribution in [2.24, 2.45) is 9.98 Å². The van der Waals surface area contributed by atoms with E-state index in [1.807, 2.05) is 0 Å². The lowest BCUT2D eigenvalue weighted by Crippen LogP contribution is -2.18. The fourth-order valence-corrected chi connectivity index (χ4v) is 4.39. The summed E-state index contributed by atoms with van der Waals surface area (Å²) in [5.74, 6) is -2.29. The van der Waals surface area contributed by atoms with Crippen molar-refractivity contribution in [1.82, 2.24) is 24.7 Å². The topological polar surface area (TPSA) is 134 Å². The van der Waals surface area contributed by atoms with Gasteiger partial charge in [0.1, 0.15) is 37.0 Å². The van der Waals surface area contributed by atoms with Crippen molar-refractivity contribution in [3.63, 3.8) is 0 Å². The summed E-state index contributed by atoms with van der Waals surface area (Å²) >= 11 is 16.8. The van der Waals surface area contributed by atoms with E-state index in [0.717, 1.165) is 23.6 Å². The van der Waals surface area contributed by atoms with E-state index in [1.54, 1.807) is 12.6 Å². The van der Waals surface area contributed by atoms with Crippen molar-refractivity contribution in [3.8, 4) is 23.3 Å². The Bertz CT molecular complexity index is 2050. The van der Waals surface area contributed by atoms with Gasteiger partial charge in [0.05, 0.1) is 29.1 Å². The minimum atomic E-state index is -4.76. The number of halogens is 9. The first-order chi connectivity index (χ1) is 25.1. The molecule has 0 radical (unpaired) electrons. The normalized spacial score (nSPS) is 11.9. The lowest BCUT2D eigenvalue weighted by atomic mass is 10.1. The quantitative estimate of drug-likeness (QED) is 0.0819. The molecule has 20 heteroatoms. The standard InChI is InChI=1S/C16H10ClF3N4O2.C14H8Cl2F3NO2.C3H4N2/c17-10-1-3-11(4-2-10)26-15-5-13(16(18,19)20)12(6-22-15)14(25)7-24-9-21-8-23-24;15-6-12(21)10-7-20-13(5-11(10)14(17,18)19)22-9-3-1-8(16)2-4-9;1-2-5-3-4-1/h1-6,8-9H,7H2;1-5,7H,6H2;1,3H,2H2. The lowest BCUT2D eigenvalue weighted by molar-refractivity contribution is -0.138. The average molecular weight is 801 g/mol. The molecule has 5 aromatic rings. The third-order valence-corrected chi connectivity index (χ3v) is 7.12. The molecule has 4 heterocycles. The van der Waals surface area contributed by atoms with Gasteiger partial charge < -0.3 is 9.47 Å². The maximum absolute atomic E-state index is 13.4. The van der Waals surface area contributed by atoms with E-state index < -0.39 is 52.1 Å². The molecule has 0 saturated heterocycles. The fourth-order valence-electron chi connectivity index (χ4n) is 4.00. The van der Waals surface area contributed by atoms with Crippen LogP contribution in [0.2, 0.25) is 10.0 Å². The molecule has 53 heavy (non-hydrogen) atoms. The monoisotopic (exact) mass is 799 g/mol. The summed E-state index contributed by atoms with van der Waals surface area (Å²) in [7, 11) is 0. The third-order valence-electron chi connectivity index (χ3n) is 6.38. The molecule has 0 bridgehead atoms. The highest BCUT2D eigenvalue weighted by Crippen LogP contribution is 2.36. The number of alkyl halides is 7. The SMILES string of the molecule is C1=NC=NC1.O=C(CCl)c1cnc(Oc2ccc(Cl)cc2)cc1C(F)(F)F.O=C(Cn1cncn1)c1cnc(Oc2ccc(Cl)cc2)cc1C(F)(F)F. The van der Waals surface area contributed by atoms with Crippen LogP contribution >= 0.6 is 34.8 Å². The number of hydrogen-bond acceptors (Lipinski definition) is 10. The van der Waals surface area contributed by atoms with Gasteiger partial charge in [-0.25, -0.2) is 24.6 Å². The zero-order valence-electron chi connectivity index (χ0n) is 26.5. The number of nitrogens with zero attached hydrogens (tertiary/aromatic N) is 7.